The van der Waals surface area contributed by atoms with Gasteiger partial charge < -0.3 is 0 Å². The number of halogens is 2. The summed E-state index contributed by atoms with van der Waals surface area (Å²) in [5, 5.41) is 2.79. The van der Waals surface area contributed by atoms with Crippen molar-refractivity contribution in [2.24, 2.45) is 0 Å². The van der Waals surface area contributed by atoms with Crippen molar-refractivity contribution in [2.75, 3.05) is 0 Å². The summed E-state index contributed by atoms with van der Waals surface area (Å²) < 4.78 is 0. The Morgan fingerprint density at radius 1 is 0.880 bits per heavy atom. The Kier molecular flexibility index (Phi) is 9.72. The summed E-state index contributed by atoms with van der Waals surface area (Å²) in [6, 6.07) is 10.8. The fourth-order valence-electron chi connectivity index (χ4n) is 3.36. The van der Waals surface area contributed by atoms with Gasteiger partial charge in [-0.15, -0.1) is 28.5 Å². The minimum absolute atomic E-state index is 0.826. The first kappa shape index (κ1) is 22.7. The fraction of sp³-hybridized carbons (Fsp3) is 0.364. The van der Waals surface area contributed by atoms with Crippen molar-refractivity contribution in [3.63, 3.8) is 0 Å². The van der Waals surface area contributed by atoms with Crippen LogP contribution in [-0.2, 0) is 27.3 Å². The summed E-state index contributed by atoms with van der Waals surface area (Å²) in [6.45, 7) is 15.4. The molecule has 0 amide bonds. The van der Waals surface area contributed by atoms with Crippen molar-refractivity contribution in [1.29, 1.82) is 0 Å². The summed E-state index contributed by atoms with van der Waals surface area (Å²) >= 11 is -0.826. The average molecular weight is 455 g/mol. The molecule has 0 heterocycles. The van der Waals surface area contributed by atoms with Gasteiger partial charge in [-0.25, -0.2) is 0 Å². The predicted molar refractivity (Wildman–Crippen MR) is 111 cm³/mol. The van der Waals surface area contributed by atoms with E-state index in [0.29, 0.717) is 0 Å². The molecule has 0 saturated carbocycles. The molecule has 0 N–H and O–H groups in total. The van der Waals surface area contributed by atoms with Crippen molar-refractivity contribution in [3.05, 3.63) is 69.3 Å². The van der Waals surface area contributed by atoms with Crippen LogP contribution in [0.1, 0.15) is 45.9 Å². The second-order valence-corrected chi connectivity index (χ2v) is 10.2. The van der Waals surface area contributed by atoms with E-state index in [0.717, 1.165) is 0 Å². The number of hydrogen-bond acceptors (Lipinski definition) is 0. The maximum atomic E-state index is 4.93. The number of rotatable bonds is 1. The van der Waals surface area contributed by atoms with Crippen LogP contribution in [0.25, 0.3) is 10.8 Å². The van der Waals surface area contributed by atoms with Gasteiger partial charge in [0.15, 0.2) is 0 Å². The van der Waals surface area contributed by atoms with Gasteiger partial charge in [-0.3, -0.25) is 0 Å². The summed E-state index contributed by atoms with van der Waals surface area (Å²) in [7, 11) is 9.87. The minimum atomic E-state index is -0.826. The third-order valence-electron chi connectivity index (χ3n) is 5.20. The van der Waals surface area contributed by atoms with E-state index in [1.165, 1.54) is 50.6 Å². The first-order valence-electron chi connectivity index (χ1n) is 8.59. The monoisotopic (exact) mass is 452 g/mol. The van der Waals surface area contributed by atoms with Gasteiger partial charge in [-0.1, -0.05) is 59.6 Å². The van der Waals surface area contributed by atoms with Crippen LogP contribution in [-0.4, -0.2) is 0 Å². The molecule has 3 aromatic carbocycles. The van der Waals surface area contributed by atoms with Crippen LogP contribution in [0.5, 0.6) is 0 Å². The molecule has 0 aromatic heterocycles. The predicted octanol–water partition coefficient (Wildman–Crippen LogP) is 7.75. The zero-order valence-electron chi connectivity index (χ0n) is 16.3. The van der Waals surface area contributed by atoms with Gasteiger partial charge in [-0.2, -0.15) is 39.9 Å². The normalized spacial score (nSPS) is 9.80. The molecule has 0 aliphatic heterocycles. The van der Waals surface area contributed by atoms with Gasteiger partial charge in [0, 0.05) is 0 Å². The van der Waals surface area contributed by atoms with E-state index in [9.17, 15) is 0 Å². The molecule has 0 aliphatic rings. The maximum absolute atomic E-state index is 4.93. The van der Waals surface area contributed by atoms with Crippen LogP contribution in [0.2, 0.25) is 0 Å². The van der Waals surface area contributed by atoms with E-state index >= 15 is 0 Å². The van der Waals surface area contributed by atoms with Gasteiger partial charge >= 0.3 is 37.9 Å². The Labute approximate surface area is 171 Å². The SMILES string of the molecule is CC[c-]1c(C)c(C)c(C)c1C.Cc1ccc(C)c2[cH-]ccc12.[Cl][Zr+2][Cl]. The zero-order chi connectivity index (χ0) is 19.1. The van der Waals surface area contributed by atoms with Crippen LogP contribution in [0.3, 0.4) is 0 Å². The zero-order valence-corrected chi connectivity index (χ0v) is 20.3. The molecule has 3 heteroatoms. The Hall–Kier alpha value is -0.357. The topological polar surface area (TPSA) is 0 Å². The van der Waals surface area contributed by atoms with Gasteiger partial charge in [-0.05, 0) is 6.92 Å². The second kappa shape index (κ2) is 10.7. The molecule has 0 aliphatic carbocycles. The molecule has 0 atom stereocenters. The molecule has 3 rings (SSSR count). The van der Waals surface area contributed by atoms with E-state index < -0.39 is 20.8 Å². The van der Waals surface area contributed by atoms with Crippen LogP contribution in [0.15, 0.2) is 30.3 Å². The van der Waals surface area contributed by atoms with Crippen molar-refractivity contribution in [2.45, 2.75) is 54.9 Å². The van der Waals surface area contributed by atoms with Gasteiger partial charge in [0.25, 0.3) is 0 Å². The average Bonchev–Trinajstić information content (AvgIpc) is 3.15. The molecule has 0 unspecified atom stereocenters. The fourth-order valence-corrected chi connectivity index (χ4v) is 3.36. The molecule has 3 aromatic rings. The van der Waals surface area contributed by atoms with Crippen LogP contribution >= 0.6 is 17.0 Å². The van der Waals surface area contributed by atoms with Crippen molar-refractivity contribution in [1.82, 2.24) is 0 Å². The van der Waals surface area contributed by atoms with E-state index in [4.69, 9.17) is 17.0 Å². The summed E-state index contributed by atoms with van der Waals surface area (Å²) in [5.41, 5.74) is 10.3. The summed E-state index contributed by atoms with van der Waals surface area (Å²) in [5.74, 6) is 0. The molecule has 0 bridgehead atoms. The second-order valence-electron chi connectivity index (χ2n) is 6.46. The molecular formula is C22H28Cl2Zr. The molecule has 134 valence electrons. The standard InChI is InChI=1S/C11H11.C11H17.2ClH.Zr/c1-8-6-7-9(2)11-5-3-4-10(8)11;1-6-11-9(4)7(2)8(3)10(11)5;;;/h3-7H,1-2H3;6H2,1-5H3;2*1H;/q2*-1;;;+4/p-2. The van der Waals surface area contributed by atoms with Crippen LogP contribution < -0.4 is 0 Å². The van der Waals surface area contributed by atoms with Crippen LogP contribution in [0.4, 0.5) is 0 Å². The molecule has 0 saturated heterocycles. The molecule has 0 fully saturated rings. The van der Waals surface area contributed by atoms with Crippen LogP contribution in [0, 0.1) is 41.5 Å². The van der Waals surface area contributed by atoms with E-state index in [1.807, 2.05) is 0 Å². The Morgan fingerprint density at radius 2 is 1.36 bits per heavy atom. The third-order valence-corrected chi connectivity index (χ3v) is 5.20. The number of aryl methyl sites for hydroxylation is 2. The first-order chi connectivity index (χ1) is 11.8. The van der Waals surface area contributed by atoms with E-state index in [1.54, 1.807) is 5.56 Å². The number of fused-ring (bicyclic) bond motifs is 1. The van der Waals surface area contributed by atoms with E-state index in [-0.39, 0.29) is 0 Å². The molecule has 0 nitrogen and oxygen atoms in total. The molecule has 0 spiro atoms. The molecule has 0 radical (unpaired) electrons. The summed E-state index contributed by atoms with van der Waals surface area (Å²) in [6.07, 6.45) is 1.17. The number of benzene rings is 1. The van der Waals surface area contributed by atoms with Gasteiger partial charge in [0.1, 0.15) is 0 Å². The van der Waals surface area contributed by atoms with Crippen molar-refractivity contribution < 1.29 is 20.8 Å². The first-order valence-corrected chi connectivity index (χ1v) is 14.9. The Morgan fingerprint density at radius 3 is 1.76 bits per heavy atom. The molecular weight excluding hydrogens is 426 g/mol. The van der Waals surface area contributed by atoms with Crippen molar-refractivity contribution >= 4 is 27.8 Å². The van der Waals surface area contributed by atoms with Gasteiger partial charge in [0.2, 0.25) is 0 Å². The summed E-state index contributed by atoms with van der Waals surface area (Å²) in [4.78, 5) is 0. The Bertz CT molecular complexity index is 748. The van der Waals surface area contributed by atoms with E-state index in [2.05, 4.69) is 78.8 Å². The quantitative estimate of drug-likeness (QED) is 0.330. The third kappa shape index (κ3) is 5.56. The van der Waals surface area contributed by atoms with Crippen molar-refractivity contribution in [3.8, 4) is 0 Å². The number of hydrogen-bond donors (Lipinski definition) is 0. The Balaban J connectivity index is 0.000000217. The molecule has 25 heavy (non-hydrogen) atoms. The van der Waals surface area contributed by atoms with Gasteiger partial charge in [0.05, 0.1) is 0 Å².